The molecule has 1 saturated carbocycles. The van der Waals surface area contributed by atoms with E-state index >= 15 is 0 Å². The number of para-hydroxylation sites is 1. The van der Waals surface area contributed by atoms with Crippen LogP contribution in [0.15, 0.2) is 72.0 Å². The van der Waals surface area contributed by atoms with Crippen LogP contribution >= 0.6 is 0 Å². The number of benzene rings is 1. The summed E-state index contributed by atoms with van der Waals surface area (Å²) in [6, 6.07) is 14.7. The van der Waals surface area contributed by atoms with Crippen molar-refractivity contribution in [1.29, 1.82) is 0 Å². The van der Waals surface area contributed by atoms with E-state index in [2.05, 4.69) is 10.1 Å². The zero-order valence-electron chi connectivity index (χ0n) is 14.4. The lowest BCUT2D eigenvalue weighted by Crippen LogP contribution is -2.35. The van der Waals surface area contributed by atoms with E-state index in [1.54, 1.807) is 21.4 Å². The quantitative estimate of drug-likeness (QED) is 0.670. The number of aromatic nitrogens is 3. The van der Waals surface area contributed by atoms with Gasteiger partial charge in [-0.2, -0.15) is 9.40 Å². The standard InChI is InChI=1S/C19H20N4O2S/c1-15(19-9-5-6-12-20-19)23(17-10-11-17)26(24,25)18-13-21-22(14-18)16-7-3-2-4-8-16/h2-9,12-15,17H,10-11H2,1H3. The zero-order chi connectivity index (χ0) is 18.1. The molecule has 1 aromatic carbocycles. The molecule has 1 fully saturated rings. The summed E-state index contributed by atoms with van der Waals surface area (Å²) >= 11 is 0. The minimum absolute atomic E-state index is 0.0251. The van der Waals surface area contributed by atoms with Crippen molar-refractivity contribution in [1.82, 2.24) is 19.1 Å². The first-order valence-electron chi connectivity index (χ1n) is 8.62. The van der Waals surface area contributed by atoms with E-state index in [0.717, 1.165) is 24.2 Å². The molecule has 1 aliphatic rings. The largest absolute Gasteiger partial charge is 0.260 e. The van der Waals surface area contributed by atoms with E-state index in [1.807, 2.05) is 55.5 Å². The van der Waals surface area contributed by atoms with Crippen LogP contribution in [0.25, 0.3) is 5.69 Å². The Morgan fingerprint density at radius 2 is 1.85 bits per heavy atom. The second-order valence-electron chi connectivity index (χ2n) is 6.45. The Balaban J connectivity index is 1.69. The Morgan fingerprint density at radius 1 is 1.12 bits per heavy atom. The summed E-state index contributed by atoms with van der Waals surface area (Å²) in [7, 11) is -3.66. The highest BCUT2D eigenvalue weighted by Crippen LogP contribution is 2.38. The lowest BCUT2D eigenvalue weighted by molar-refractivity contribution is 0.329. The molecule has 1 unspecified atom stereocenters. The lowest BCUT2D eigenvalue weighted by atomic mass is 10.2. The van der Waals surface area contributed by atoms with Gasteiger partial charge in [0.2, 0.25) is 10.0 Å². The molecule has 0 radical (unpaired) electrons. The van der Waals surface area contributed by atoms with Gasteiger partial charge in [0.05, 0.1) is 29.8 Å². The molecule has 2 aromatic heterocycles. The van der Waals surface area contributed by atoms with Crippen molar-refractivity contribution in [2.75, 3.05) is 0 Å². The fourth-order valence-electron chi connectivity index (χ4n) is 3.09. The molecule has 134 valence electrons. The van der Waals surface area contributed by atoms with Crippen LogP contribution in [0.1, 0.15) is 31.5 Å². The Kier molecular flexibility index (Phi) is 4.34. The van der Waals surface area contributed by atoms with Gasteiger partial charge in [-0.3, -0.25) is 4.98 Å². The van der Waals surface area contributed by atoms with Crippen LogP contribution in [0.4, 0.5) is 0 Å². The normalized spacial score (nSPS) is 15.9. The molecule has 0 amide bonds. The number of hydrogen-bond acceptors (Lipinski definition) is 4. The molecule has 1 atom stereocenters. The van der Waals surface area contributed by atoms with E-state index in [0.29, 0.717) is 0 Å². The van der Waals surface area contributed by atoms with Crippen molar-refractivity contribution in [2.45, 2.75) is 36.7 Å². The van der Waals surface area contributed by atoms with Crippen LogP contribution in [-0.2, 0) is 10.0 Å². The minimum Gasteiger partial charge on any atom is -0.260 e. The minimum atomic E-state index is -3.66. The molecule has 0 spiro atoms. The summed E-state index contributed by atoms with van der Waals surface area (Å²) in [5.41, 5.74) is 1.57. The van der Waals surface area contributed by atoms with Crippen molar-refractivity contribution < 1.29 is 8.42 Å². The van der Waals surface area contributed by atoms with Crippen molar-refractivity contribution in [3.05, 3.63) is 72.8 Å². The third kappa shape index (κ3) is 3.15. The molecule has 0 bridgehead atoms. The van der Waals surface area contributed by atoms with Crippen LogP contribution < -0.4 is 0 Å². The molecule has 3 aromatic rings. The fourth-order valence-corrected chi connectivity index (χ4v) is 4.87. The molecule has 2 heterocycles. The number of nitrogens with zero attached hydrogens (tertiary/aromatic N) is 4. The number of sulfonamides is 1. The predicted molar refractivity (Wildman–Crippen MR) is 98.3 cm³/mol. The summed E-state index contributed by atoms with van der Waals surface area (Å²) in [5.74, 6) is 0. The topological polar surface area (TPSA) is 68.1 Å². The third-order valence-electron chi connectivity index (χ3n) is 4.56. The molecule has 26 heavy (non-hydrogen) atoms. The number of pyridine rings is 1. The molecule has 1 aliphatic carbocycles. The first-order chi connectivity index (χ1) is 12.6. The van der Waals surface area contributed by atoms with E-state index < -0.39 is 10.0 Å². The van der Waals surface area contributed by atoms with Crippen molar-refractivity contribution in [2.24, 2.45) is 0 Å². The second kappa shape index (κ2) is 6.66. The van der Waals surface area contributed by atoms with Gasteiger partial charge in [-0.05, 0) is 44.0 Å². The molecule has 4 rings (SSSR count). The van der Waals surface area contributed by atoms with Gasteiger partial charge in [0.25, 0.3) is 0 Å². The first-order valence-corrected chi connectivity index (χ1v) is 10.1. The Hall–Kier alpha value is -2.51. The predicted octanol–water partition coefficient (Wildman–Crippen LogP) is 3.18. The first kappa shape index (κ1) is 16.9. The summed E-state index contributed by atoms with van der Waals surface area (Å²) in [6.07, 6.45) is 6.44. The van der Waals surface area contributed by atoms with Crippen LogP contribution in [0.5, 0.6) is 0 Å². The lowest BCUT2D eigenvalue weighted by Gasteiger charge is -2.27. The highest BCUT2D eigenvalue weighted by atomic mass is 32.2. The maximum atomic E-state index is 13.3. The van der Waals surface area contributed by atoms with Crippen LogP contribution in [0.3, 0.4) is 0 Å². The highest BCUT2D eigenvalue weighted by molar-refractivity contribution is 7.89. The third-order valence-corrected chi connectivity index (χ3v) is 6.54. The monoisotopic (exact) mass is 368 g/mol. The van der Waals surface area contributed by atoms with Gasteiger partial charge in [0.15, 0.2) is 0 Å². The van der Waals surface area contributed by atoms with Gasteiger partial charge in [-0.1, -0.05) is 24.3 Å². The second-order valence-corrected chi connectivity index (χ2v) is 8.30. The molecular formula is C19H20N4O2S. The smallest absolute Gasteiger partial charge is 0.247 e. The summed E-state index contributed by atoms with van der Waals surface area (Å²) in [5, 5.41) is 4.24. The molecule has 0 N–H and O–H groups in total. The van der Waals surface area contributed by atoms with Gasteiger partial charge < -0.3 is 0 Å². The van der Waals surface area contributed by atoms with Crippen molar-refractivity contribution in [3.8, 4) is 5.69 Å². The average molecular weight is 368 g/mol. The molecular weight excluding hydrogens is 348 g/mol. The van der Waals surface area contributed by atoms with Gasteiger partial charge in [-0.15, -0.1) is 0 Å². The molecule has 7 heteroatoms. The van der Waals surface area contributed by atoms with E-state index in [1.165, 1.54) is 6.20 Å². The summed E-state index contributed by atoms with van der Waals surface area (Å²) in [6.45, 7) is 1.89. The number of rotatable bonds is 6. The fraction of sp³-hybridized carbons (Fsp3) is 0.263. The zero-order valence-corrected chi connectivity index (χ0v) is 15.2. The van der Waals surface area contributed by atoms with E-state index in [-0.39, 0.29) is 17.0 Å². The Bertz CT molecular complexity index is 983. The molecule has 6 nitrogen and oxygen atoms in total. The Morgan fingerprint density at radius 3 is 2.50 bits per heavy atom. The van der Waals surface area contributed by atoms with Crippen molar-refractivity contribution in [3.63, 3.8) is 0 Å². The van der Waals surface area contributed by atoms with E-state index in [4.69, 9.17) is 0 Å². The average Bonchev–Trinajstić information content (AvgIpc) is 3.35. The molecule has 0 aliphatic heterocycles. The van der Waals surface area contributed by atoms with E-state index in [9.17, 15) is 8.42 Å². The maximum Gasteiger partial charge on any atom is 0.247 e. The van der Waals surface area contributed by atoms with Crippen LogP contribution in [0, 0.1) is 0 Å². The summed E-state index contributed by atoms with van der Waals surface area (Å²) in [4.78, 5) is 4.55. The maximum absolute atomic E-state index is 13.3. The van der Waals surface area contributed by atoms with Gasteiger partial charge in [0.1, 0.15) is 4.90 Å². The van der Waals surface area contributed by atoms with Gasteiger partial charge >= 0.3 is 0 Å². The van der Waals surface area contributed by atoms with Crippen molar-refractivity contribution >= 4 is 10.0 Å². The van der Waals surface area contributed by atoms with Gasteiger partial charge in [0, 0.05) is 12.2 Å². The van der Waals surface area contributed by atoms with Crippen LogP contribution in [0.2, 0.25) is 0 Å². The Labute approximate surface area is 153 Å². The SMILES string of the molecule is CC(c1ccccn1)N(C1CC1)S(=O)(=O)c1cnn(-c2ccccc2)c1. The van der Waals surface area contributed by atoms with Gasteiger partial charge in [-0.25, -0.2) is 13.1 Å². The molecule has 0 saturated heterocycles. The number of hydrogen-bond donors (Lipinski definition) is 0. The highest BCUT2D eigenvalue weighted by Gasteiger charge is 2.42. The summed E-state index contributed by atoms with van der Waals surface area (Å²) < 4.78 is 29.8. The van der Waals surface area contributed by atoms with Crippen LogP contribution in [-0.4, -0.2) is 33.5 Å².